The van der Waals surface area contributed by atoms with Crippen LogP contribution < -0.4 is 20.9 Å². The first-order chi connectivity index (χ1) is 17.1. The first kappa shape index (κ1) is 24.8. The number of anilines is 2. The molecule has 1 saturated carbocycles. The van der Waals surface area contributed by atoms with Crippen molar-refractivity contribution in [3.8, 4) is 0 Å². The molecule has 2 aromatic rings. The van der Waals surface area contributed by atoms with E-state index in [0.29, 0.717) is 24.5 Å². The van der Waals surface area contributed by atoms with Gasteiger partial charge in [0, 0.05) is 24.8 Å². The molecule has 2 atom stereocenters. The Balaban J connectivity index is 1.59. The molecule has 186 valence electrons. The zero-order valence-electron chi connectivity index (χ0n) is 19.8. The second-order valence-electron chi connectivity index (χ2n) is 9.11. The maximum atomic E-state index is 14.1. The number of aromatic nitrogens is 1. The number of benzene rings is 1. The van der Waals surface area contributed by atoms with E-state index in [2.05, 4.69) is 20.9 Å². The van der Waals surface area contributed by atoms with Crippen LogP contribution in [0.15, 0.2) is 48.7 Å². The van der Waals surface area contributed by atoms with Gasteiger partial charge in [-0.2, -0.15) is 0 Å². The van der Waals surface area contributed by atoms with Crippen LogP contribution in [0, 0.1) is 5.92 Å². The van der Waals surface area contributed by atoms with Gasteiger partial charge in [0.05, 0.1) is 13.2 Å². The van der Waals surface area contributed by atoms with E-state index in [-0.39, 0.29) is 36.8 Å². The van der Waals surface area contributed by atoms with Crippen LogP contribution in [-0.2, 0) is 20.8 Å². The quantitative estimate of drug-likeness (QED) is 0.406. The fourth-order valence-electron chi connectivity index (χ4n) is 4.97. The first-order valence-electron chi connectivity index (χ1n) is 12.3. The van der Waals surface area contributed by atoms with Crippen LogP contribution in [0.25, 0.3) is 0 Å². The number of nitrogens with one attached hydrogen (secondary N) is 3. The molecule has 9 nitrogen and oxygen atoms in total. The highest BCUT2D eigenvalue weighted by molar-refractivity contribution is 6.09. The minimum Gasteiger partial charge on any atom is -0.395 e. The monoisotopic (exact) mass is 479 g/mol. The number of para-hydroxylation sites is 1. The molecule has 4 rings (SSSR count). The van der Waals surface area contributed by atoms with Gasteiger partial charge in [0.15, 0.2) is 0 Å². The molecule has 2 aliphatic rings. The molecule has 0 saturated heterocycles. The van der Waals surface area contributed by atoms with Crippen molar-refractivity contribution in [1.29, 1.82) is 0 Å². The Morgan fingerprint density at radius 3 is 2.57 bits per heavy atom. The van der Waals surface area contributed by atoms with Crippen molar-refractivity contribution in [3.63, 3.8) is 0 Å². The fraction of sp³-hybridized carbons (Fsp3) is 0.462. The van der Waals surface area contributed by atoms with Crippen molar-refractivity contribution in [2.45, 2.75) is 50.6 Å². The highest BCUT2D eigenvalue weighted by atomic mass is 16.3. The number of aliphatic hydroxyl groups excluding tert-OH is 1. The van der Waals surface area contributed by atoms with E-state index < -0.39 is 12.1 Å². The lowest BCUT2D eigenvalue weighted by atomic mass is 9.83. The molecule has 1 fully saturated rings. The van der Waals surface area contributed by atoms with Gasteiger partial charge >= 0.3 is 0 Å². The highest BCUT2D eigenvalue weighted by Gasteiger charge is 2.44. The molecular weight excluding hydrogens is 446 g/mol. The molecule has 1 aromatic carbocycles. The van der Waals surface area contributed by atoms with Crippen LogP contribution in [0.1, 0.15) is 37.7 Å². The number of carbonyl (C=O) groups is 3. The Morgan fingerprint density at radius 1 is 1.06 bits per heavy atom. The largest absolute Gasteiger partial charge is 0.395 e. The van der Waals surface area contributed by atoms with Crippen LogP contribution in [0.2, 0.25) is 0 Å². The Kier molecular flexibility index (Phi) is 8.44. The second-order valence-corrected chi connectivity index (χ2v) is 9.11. The second kappa shape index (κ2) is 11.9. The lowest BCUT2D eigenvalue weighted by Crippen LogP contribution is -2.57. The standard InChI is InChI=1S/C26H33N5O4/c32-15-14-27-17-22(33)30-23(18-8-3-1-4-9-18)26(35)31-21(16-19-10-7-13-28-24(19)31)25(34)29-20-11-5-2-6-12-20/h2,5-7,10-13,18,21,23,27,32H,1,3-4,8-9,14-17H2,(H,29,34)(H,30,33). The third-order valence-corrected chi connectivity index (χ3v) is 6.68. The number of aliphatic hydroxyl groups is 1. The van der Waals surface area contributed by atoms with Gasteiger partial charge in [0.1, 0.15) is 17.9 Å². The lowest BCUT2D eigenvalue weighted by molar-refractivity contribution is -0.130. The molecule has 4 N–H and O–H groups in total. The normalized spacial score (nSPS) is 18.5. The van der Waals surface area contributed by atoms with Crippen molar-refractivity contribution in [2.75, 3.05) is 29.9 Å². The summed E-state index contributed by atoms with van der Waals surface area (Å²) >= 11 is 0. The molecule has 2 unspecified atom stereocenters. The molecule has 1 aliphatic carbocycles. The van der Waals surface area contributed by atoms with E-state index in [1.165, 1.54) is 4.90 Å². The van der Waals surface area contributed by atoms with Crippen LogP contribution in [-0.4, -0.2) is 59.6 Å². The number of pyridine rings is 1. The number of nitrogens with zero attached hydrogens (tertiary/aromatic N) is 2. The summed E-state index contributed by atoms with van der Waals surface area (Å²) < 4.78 is 0. The topological polar surface area (TPSA) is 124 Å². The summed E-state index contributed by atoms with van der Waals surface area (Å²) in [7, 11) is 0. The maximum absolute atomic E-state index is 14.1. The SMILES string of the molecule is O=C(CNCCO)NC(C(=O)N1c2ncccc2CC1C(=O)Nc1ccccc1)C1CCCCC1. The Hall–Kier alpha value is -3.30. The van der Waals surface area contributed by atoms with E-state index in [1.54, 1.807) is 24.4 Å². The summed E-state index contributed by atoms with van der Waals surface area (Å²) in [6.45, 7) is 0.219. The Morgan fingerprint density at radius 2 is 1.83 bits per heavy atom. The maximum Gasteiger partial charge on any atom is 0.251 e. The Bertz CT molecular complexity index is 1030. The van der Waals surface area contributed by atoms with E-state index >= 15 is 0 Å². The smallest absolute Gasteiger partial charge is 0.251 e. The van der Waals surface area contributed by atoms with E-state index in [9.17, 15) is 14.4 Å². The zero-order chi connectivity index (χ0) is 24.6. The third kappa shape index (κ3) is 6.04. The summed E-state index contributed by atoms with van der Waals surface area (Å²) in [4.78, 5) is 46.0. The number of hydrogen-bond donors (Lipinski definition) is 4. The average molecular weight is 480 g/mol. The average Bonchev–Trinajstić information content (AvgIpc) is 3.28. The summed E-state index contributed by atoms with van der Waals surface area (Å²) in [5, 5.41) is 17.7. The molecule has 1 aromatic heterocycles. The van der Waals surface area contributed by atoms with Crippen molar-refractivity contribution in [2.24, 2.45) is 5.92 Å². The minimum atomic E-state index is -0.761. The van der Waals surface area contributed by atoms with Gasteiger partial charge in [-0.3, -0.25) is 19.3 Å². The van der Waals surface area contributed by atoms with Gasteiger partial charge in [-0.25, -0.2) is 4.98 Å². The molecule has 1 aliphatic heterocycles. The summed E-state index contributed by atoms with van der Waals surface area (Å²) in [5.74, 6) is -0.449. The van der Waals surface area contributed by atoms with Gasteiger partial charge in [-0.15, -0.1) is 0 Å². The number of rotatable bonds is 9. The molecule has 0 bridgehead atoms. The molecule has 0 spiro atoms. The van der Waals surface area contributed by atoms with Crippen LogP contribution >= 0.6 is 0 Å². The molecular formula is C26H33N5O4. The summed E-state index contributed by atoms with van der Waals surface area (Å²) in [5.41, 5.74) is 1.48. The Labute approximate surface area is 205 Å². The summed E-state index contributed by atoms with van der Waals surface area (Å²) in [6.07, 6.45) is 6.76. The van der Waals surface area contributed by atoms with Crippen molar-refractivity contribution < 1.29 is 19.5 Å². The van der Waals surface area contributed by atoms with Crippen molar-refractivity contribution in [3.05, 3.63) is 54.2 Å². The van der Waals surface area contributed by atoms with Gasteiger partial charge in [-0.05, 0) is 42.5 Å². The number of hydrogen-bond acceptors (Lipinski definition) is 6. The molecule has 9 heteroatoms. The molecule has 35 heavy (non-hydrogen) atoms. The van der Waals surface area contributed by atoms with Crippen LogP contribution in [0.4, 0.5) is 11.5 Å². The van der Waals surface area contributed by atoms with Gasteiger partial charge in [-0.1, -0.05) is 43.5 Å². The predicted molar refractivity (Wildman–Crippen MR) is 133 cm³/mol. The lowest BCUT2D eigenvalue weighted by Gasteiger charge is -2.34. The molecule has 3 amide bonds. The van der Waals surface area contributed by atoms with Crippen LogP contribution in [0.5, 0.6) is 0 Å². The number of fused-ring (bicyclic) bond motifs is 1. The van der Waals surface area contributed by atoms with Crippen molar-refractivity contribution in [1.82, 2.24) is 15.6 Å². The third-order valence-electron chi connectivity index (χ3n) is 6.68. The van der Waals surface area contributed by atoms with Gasteiger partial charge < -0.3 is 21.1 Å². The number of carbonyl (C=O) groups excluding carboxylic acids is 3. The van der Waals surface area contributed by atoms with Crippen molar-refractivity contribution >= 4 is 29.2 Å². The van der Waals surface area contributed by atoms with E-state index in [1.807, 2.05) is 24.3 Å². The fourth-order valence-corrected chi connectivity index (χ4v) is 4.97. The summed E-state index contributed by atoms with van der Waals surface area (Å²) in [6, 6.07) is 11.3. The molecule has 0 radical (unpaired) electrons. The first-order valence-corrected chi connectivity index (χ1v) is 12.3. The van der Waals surface area contributed by atoms with E-state index in [0.717, 1.165) is 37.7 Å². The predicted octanol–water partition coefficient (Wildman–Crippen LogP) is 1.63. The zero-order valence-corrected chi connectivity index (χ0v) is 19.8. The highest BCUT2D eigenvalue weighted by Crippen LogP contribution is 2.34. The minimum absolute atomic E-state index is 0.00379. The van der Waals surface area contributed by atoms with E-state index in [4.69, 9.17) is 5.11 Å². The van der Waals surface area contributed by atoms with Gasteiger partial charge in [0.25, 0.3) is 5.91 Å². The van der Waals surface area contributed by atoms with Crippen LogP contribution in [0.3, 0.4) is 0 Å². The molecule has 2 heterocycles. The number of amides is 3. The van der Waals surface area contributed by atoms with Gasteiger partial charge in [0.2, 0.25) is 11.8 Å².